The van der Waals surface area contributed by atoms with Crippen LogP contribution in [0.3, 0.4) is 0 Å². The zero-order valence-electron chi connectivity index (χ0n) is 19.9. The molecule has 0 saturated heterocycles. The number of amides is 2. The molecule has 0 aliphatic rings. The highest BCUT2D eigenvalue weighted by Gasteiger charge is 2.13. The highest BCUT2D eigenvalue weighted by atomic mass is 19.1. The van der Waals surface area contributed by atoms with Gasteiger partial charge in [0.15, 0.2) is 28.9 Å². The fraction of sp³-hybridized carbons (Fsp3) is 0.130. The number of rotatable bonds is 9. The number of tetrazole rings is 1. The van der Waals surface area contributed by atoms with E-state index in [1.165, 1.54) is 56.9 Å². The SMILES string of the molecule is COc1cc(/C=N/NC(=O)Nc2ccc(Oc3ccnc(-n4cnnn4)c3)c(F)c2)cc(OC)c1OC. The number of benzene rings is 2. The normalized spacial score (nSPS) is 10.7. The second-order valence-corrected chi connectivity index (χ2v) is 7.13. The van der Waals surface area contributed by atoms with E-state index in [-0.39, 0.29) is 11.4 Å². The fourth-order valence-corrected chi connectivity index (χ4v) is 3.14. The standard InChI is InChI=1S/C23H21FN8O5/c1-34-19-8-14(9-20(35-2)22(19)36-3)12-26-29-23(33)28-15-4-5-18(17(24)10-15)37-16-6-7-25-21(11-16)32-13-27-30-31-32/h4-13H,1-3H3,(H2,28,29,33)/b26-12+. The van der Waals surface area contributed by atoms with Crippen LogP contribution in [0.1, 0.15) is 5.56 Å². The van der Waals surface area contributed by atoms with E-state index >= 15 is 0 Å². The fourth-order valence-electron chi connectivity index (χ4n) is 3.14. The van der Waals surface area contributed by atoms with Crippen LogP contribution in [0.2, 0.25) is 0 Å². The van der Waals surface area contributed by atoms with Crippen molar-refractivity contribution in [1.29, 1.82) is 0 Å². The quantitative estimate of drug-likeness (QED) is 0.257. The van der Waals surface area contributed by atoms with Gasteiger partial charge in [-0.25, -0.2) is 19.6 Å². The van der Waals surface area contributed by atoms with E-state index in [1.807, 2.05) is 0 Å². The molecule has 190 valence electrons. The van der Waals surface area contributed by atoms with Gasteiger partial charge in [-0.1, -0.05) is 0 Å². The average molecular weight is 508 g/mol. The number of hydrogen-bond donors (Lipinski definition) is 2. The van der Waals surface area contributed by atoms with Crippen molar-refractivity contribution in [2.45, 2.75) is 0 Å². The van der Waals surface area contributed by atoms with Crippen molar-refractivity contribution in [2.24, 2.45) is 5.10 Å². The van der Waals surface area contributed by atoms with Gasteiger partial charge >= 0.3 is 6.03 Å². The van der Waals surface area contributed by atoms with E-state index in [0.717, 1.165) is 6.07 Å². The number of pyridine rings is 1. The van der Waals surface area contributed by atoms with Gasteiger partial charge < -0.3 is 24.3 Å². The van der Waals surface area contributed by atoms with Crippen LogP contribution < -0.4 is 29.7 Å². The maximum Gasteiger partial charge on any atom is 0.339 e. The second kappa shape index (κ2) is 11.4. The Morgan fingerprint density at radius 2 is 1.81 bits per heavy atom. The molecule has 0 atom stereocenters. The molecule has 0 saturated carbocycles. The molecule has 2 amide bonds. The van der Waals surface area contributed by atoms with Gasteiger partial charge in [-0.2, -0.15) is 9.78 Å². The minimum absolute atomic E-state index is 0.0553. The molecule has 14 heteroatoms. The summed E-state index contributed by atoms with van der Waals surface area (Å²) in [5.74, 6) is 1.26. The van der Waals surface area contributed by atoms with Gasteiger partial charge in [-0.05, 0) is 40.8 Å². The largest absolute Gasteiger partial charge is 0.493 e. The van der Waals surface area contributed by atoms with Crippen LogP contribution in [0, 0.1) is 5.82 Å². The van der Waals surface area contributed by atoms with E-state index in [4.69, 9.17) is 18.9 Å². The Balaban J connectivity index is 1.37. The molecule has 0 unspecified atom stereocenters. The molecular weight excluding hydrogens is 487 g/mol. The highest BCUT2D eigenvalue weighted by Crippen LogP contribution is 2.37. The third-order valence-electron chi connectivity index (χ3n) is 4.79. The van der Waals surface area contributed by atoms with Gasteiger partial charge in [0.25, 0.3) is 0 Å². The lowest BCUT2D eigenvalue weighted by molar-refractivity contribution is 0.252. The Bertz CT molecular complexity index is 1390. The summed E-state index contributed by atoms with van der Waals surface area (Å²) in [6.07, 6.45) is 4.23. The van der Waals surface area contributed by atoms with Gasteiger partial charge in [0.05, 0.1) is 27.5 Å². The first-order chi connectivity index (χ1) is 18.0. The molecule has 4 aromatic rings. The Labute approximate surface area is 209 Å². The van der Waals surface area contributed by atoms with Crippen LogP contribution in [-0.4, -0.2) is 58.8 Å². The van der Waals surface area contributed by atoms with Crippen molar-refractivity contribution in [2.75, 3.05) is 26.6 Å². The second-order valence-electron chi connectivity index (χ2n) is 7.13. The van der Waals surface area contributed by atoms with E-state index in [2.05, 4.69) is 36.4 Å². The lowest BCUT2D eigenvalue weighted by atomic mass is 10.2. The predicted octanol–water partition coefficient (Wildman–Crippen LogP) is 3.17. The van der Waals surface area contributed by atoms with Crippen molar-refractivity contribution in [3.8, 4) is 34.6 Å². The molecule has 37 heavy (non-hydrogen) atoms. The van der Waals surface area contributed by atoms with E-state index < -0.39 is 11.8 Å². The maximum absolute atomic E-state index is 14.6. The van der Waals surface area contributed by atoms with Crippen molar-refractivity contribution in [1.82, 2.24) is 30.6 Å². The zero-order chi connectivity index (χ0) is 26.2. The van der Waals surface area contributed by atoms with Crippen molar-refractivity contribution in [3.05, 3.63) is 66.4 Å². The summed E-state index contributed by atoms with van der Waals surface area (Å²) in [5.41, 5.74) is 3.08. The van der Waals surface area contributed by atoms with Gasteiger partial charge in [0, 0.05) is 29.6 Å². The predicted molar refractivity (Wildman–Crippen MR) is 129 cm³/mol. The number of aromatic nitrogens is 5. The molecule has 0 bridgehead atoms. The molecule has 0 aliphatic heterocycles. The number of nitrogens with one attached hydrogen (secondary N) is 2. The van der Waals surface area contributed by atoms with E-state index in [1.54, 1.807) is 24.3 Å². The van der Waals surface area contributed by atoms with E-state index in [0.29, 0.717) is 34.4 Å². The molecule has 2 heterocycles. The van der Waals surface area contributed by atoms with Crippen molar-refractivity contribution in [3.63, 3.8) is 0 Å². The molecule has 4 rings (SSSR count). The molecule has 13 nitrogen and oxygen atoms in total. The molecular formula is C23H21FN8O5. The summed E-state index contributed by atoms with van der Waals surface area (Å²) in [6.45, 7) is 0. The number of hydrazone groups is 1. The Kier molecular flexibility index (Phi) is 7.68. The number of halogens is 1. The molecule has 0 fully saturated rings. The van der Waals surface area contributed by atoms with E-state index in [9.17, 15) is 9.18 Å². The Morgan fingerprint density at radius 3 is 2.46 bits per heavy atom. The smallest absolute Gasteiger partial charge is 0.339 e. The third-order valence-corrected chi connectivity index (χ3v) is 4.79. The van der Waals surface area contributed by atoms with Crippen LogP contribution in [-0.2, 0) is 0 Å². The minimum Gasteiger partial charge on any atom is -0.493 e. The maximum atomic E-state index is 14.6. The number of methoxy groups -OCH3 is 3. The molecule has 2 N–H and O–H groups in total. The number of anilines is 1. The number of hydrogen-bond acceptors (Lipinski definition) is 10. The summed E-state index contributed by atoms with van der Waals surface area (Å²) in [7, 11) is 4.48. The first-order valence-electron chi connectivity index (χ1n) is 10.6. The van der Waals surface area contributed by atoms with Crippen LogP contribution >= 0.6 is 0 Å². The number of ether oxygens (including phenoxy) is 4. The van der Waals surface area contributed by atoms with Crippen molar-refractivity contribution >= 4 is 17.9 Å². The lowest BCUT2D eigenvalue weighted by Crippen LogP contribution is -2.24. The molecule has 0 radical (unpaired) electrons. The van der Waals surface area contributed by atoms with Gasteiger partial charge in [-0.3, -0.25) is 0 Å². The Morgan fingerprint density at radius 1 is 1.03 bits per heavy atom. The van der Waals surface area contributed by atoms with Crippen LogP contribution in [0.15, 0.2) is 60.1 Å². The Hall–Kier alpha value is -5.27. The lowest BCUT2D eigenvalue weighted by Gasteiger charge is -2.12. The number of nitrogens with zero attached hydrogens (tertiary/aromatic N) is 6. The zero-order valence-corrected chi connectivity index (χ0v) is 19.9. The van der Waals surface area contributed by atoms with Gasteiger partial charge in [0.2, 0.25) is 5.75 Å². The average Bonchev–Trinajstić information content (AvgIpc) is 3.45. The topological polar surface area (TPSA) is 147 Å². The first-order valence-corrected chi connectivity index (χ1v) is 10.6. The summed E-state index contributed by atoms with van der Waals surface area (Å²) in [6, 6.07) is 9.70. The summed E-state index contributed by atoms with van der Waals surface area (Å²) in [5, 5.41) is 17.2. The summed E-state index contributed by atoms with van der Waals surface area (Å²) >= 11 is 0. The van der Waals surface area contributed by atoms with Crippen LogP contribution in [0.4, 0.5) is 14.9 Å². The molecule has 0 spiro atoms. The van der Waals surface area contributed by atoms with Crippen molar-refractivity contribution < 1.29 is 28.1 Å². The molecule has 0 aliphatic carbocycles. The minimum atomic E-state index is -0.695. The van der Waals surface area contributed by atoms with Crippen LogP contribution in [0.5, 0.6) is 28.7 Å². The number of carbonyl (C=O) groups excluding carboxylic acids is 1. The highest BCUT2D eigenvalue weighted by molar-refractivity contribution is 5.90. The third kappa shape index (κ3) is 6.05. The first kappa shape index (κ1) is 24.8. The summed E-state index contributed by atoms with van der Waals surface area (Å²) in [4.78, 5) is 16.3. The molecule has 2 aromatic carbocycles. The molecule has 2 aromatic heterocycles. The monoisotopic (exact) mass is 508 g/mol. The van der Waals surface area contributed by atoms with Gasteiger partial charge in [-0.15, -0.1) is 5.10 Å². The number of urea groups is 1. The number of carbonyl (C=O) groups is 1. The van der Waals surface area contributed by atoms with Crippen LogP contribution in [0.25, 0.3) is 5.82 Å². The summed E-state index contributed by atoms with van der Waals surface area (Å²) < 4.78 is 37.4. The van der Waals surface area contributed by atoms with Gasteiger partial charge in [0.1, 0.15) is 12.1 Å².